The standard InChI is InChI=1S/C14H18N6O4/c1-2-20(13-15-6-9-10(18-13)17-8-16-9)12(23)11(22)19-14(7-21)4-3-5-24-14/h6,8,21H,2-5,7H2,1H3,(H,19,22)(H,15,16,17,18). The number of fused-ring (bicyclic) bond motifs is 1. The molecule has 0 aromatic carbocycles. The maximum atomic E-state index is 12.5. The van der Waals surface area contributed by atoms with Gasteiger partial charge in [0.25, 0.3) is 0 Å². The highest BCUT2D eigenvalue weighted by molar-refractivity contribution is 6.40. The van der Waals surface area contributed by atoms with Crippen LogP contribution in [0.4, 0.5) is 5.95 Å². The lowest BCUT2D eigenvalue weighted by Gasteiger charge is -2.28. The number of nitrogens with zero attached hydrogens (tertiary/aromatic N) is 4. The molecule has 0 spiro atoms. The normalized spacial score (nSPS) is 20.2. The van der Waals surface area contributed by atoms with Crippen molar-refractivity contribution in [3.8, 4) is 0 Å². The Morgan fingerprint density at radius 3 is 3.00 bits per heavy atom. The smallest absolute Gasteiger partial charge is 0.318 e. The van der Waals surface area contributed by atoms with Crippen molar-refractivity contribution in [2.45, 2.75) is 25.5 Å². The molecular weight excluding hydrogens is 316 g/mol. The lowest BCUT2D eigenvalue weighted by molar-refractivity contribution is -0.145. The van der Waals surface area contributed by atoms with Gasteiger partial charge in [-0.1, -0.05) is 0 Å². The number of rotatable bonds is 4. The van der Waals surface area contributed by atoms with Crippen molar-refractivity contribution in [3.63, 3.8) is 0 Å². The fourth-order valence-electron chi connectivity index (χ4n) is 2.58. The van der Waals surface area contributed by atoms with Crippen molar-refractivity contribution in [2.24, 2.45) is 0 Å². The Labute approximate surface area is 137 Å². The zero-order valence-corrected chi connectivity index (χ0v) is 13.2. The van der Waals surface area contributed by atoms with Gasteiger partial charge in [-0.25, -0.2) is 9.97 Å². The van der Waals surface area contributed by atoms with Crippen LogP contribution in [0.1, 0.15) is 19.8 Å². The molecule has 10 nitrogen and oxygen atoms in total. The van der Waals surface area contributed by atoms with Crippen LogP contribution in [0.15, 0.2) is 12.5 Å². The maximum absolute atomic E-state index is 12.5. The maximum Gasteiger partial charge on any atom is 0.318 e. The van der Waals surface area contributed by atoms with Gasteiger partial charge in [0, 0.05) is 13.2 Å². The highest BCUT2D eigenvalue weighted by atomic mass is 16.5. The van der Waals surface area contributed by atoms with Crippen molar-refractivity contribution in [1.29, 1.82) is 0 Å². The number of carbonyl (C=O) groups is 2. The van der Waals surface area contributed by atoms with Crippen LogP contribution in [0.5, 0.6) is 0 Å². The Morgan fingerprint density at radius 2 is 2.33 bits per heavy atom. The largest absolute Gasteiger partial charge is 0.391 e. The number of amides is 2. The minimum Gasteiger partial charge on any atom is -0.391 e. The number of aliphatic hydroxyl groups excluding tert-OH is 1. The Morgan fingerprint density at radius 1 is 1.50 bits per heavy atom. The molecule has 1 unspecified atom stereocenters. The van der Waals surface area contributed by atoms with E-state index < -0.39 is 24.1 Å². The van der Waals surface area contributed by atoms with Gasteiger partial charge in [0.05, 0.1) is 19.1 Å². The molecule has 1 atom stereocenters. The minimum absolute atomic E-state index is 0.0858. The third-order valence-electron chi connectivity index (χ3n) is 3.86. The molecule has 1 aliphatic rings. The van der Waals surface area contributed by atoms with Gasteiger partial charge in [0.1, 0.15) is 5.52 Å². The number of anilines is 1. The summed E-state index contributed by atoms with van der Waals surface area (Å²) in [5, 5.41) is 11.9. The number of likely N-dealkylation sites (N-methyl/N-ethyl adjacent to an activating group) is 1. The van der Waals surface area contributed by atoms with E-state index in [0.717, 1.165) is 4.90 Å². The number of hydrogen-bond donors (Lipinski definition) is 3. The van der Waals surface area contributed by atoms with Crippen LogP contribution >= 0.6 is 0 Å². The number of aromatic nitrogens is 4. The van der Waals surface area contributed by atoms with Crippen LogP contribution in [-0.2, 0) is 14.3 Å². The molecule has 0 aliphatic carbocycles. The molecule has 3 rings (SSSR count). The van der Waals surface area contributed by atoms with E-state index in [4.69, 9.17) is 4.74 Å². The molecule has 2 amide bonds. The van der Waals surface area contributed by atoms with Crippen LogP contribution < -0.4 is 10.2 Å². The molecule has 0 radical (unpaired) electrons. The van der Waals surface area contributed by atoms with Gasteiger partial charge in [-0.2, -0.15) is 4.98 Å². The lowest BCUT2D eigenvalue weighted by Crippen LogP contribution is -2.55. The van der Waals surface area contributed by atoms with Crippen molar-refractivity contribution >= 4 is 28.9 Å². The monoisotopic (exact) mass is 334 g/mol. The topological polar surface area (TPSA) is 133 Å². The van der Waals surface area contributed by atoms with Crippen LogP contribution in [0, 0.1) is 0 Å². The second-order valence-electron chi connectivity index (χ2n) is 5.42. The van der Waals surface area contributed by atoms with E-state index in [0.29, 0.717) is 30.6 Å². The van der Waals surface area contributed by atoms with Gasteiger partial charge in [-0.15, -0.1) is 0 Å². The summed E-state index contributed by atoms with van der Waals surface area (Å²) in [6, 6.07) is 0. The molecule has 1 saturated heterocycles. The predicted octanol–water partition coefficient (Wildman–Crippen LogP) is -0.679. The van der Waals surface area contributed by atoms with Gasteiger partial charge in [-0.3, -0.25) is 14.5 Å². The third kappa shape index (κ3) is 2.93. The molecule has 3 heterocycles. The second-order valence-corrected chi connectivity index (χ2v) is 5.42. The van der Waals surface area contributed by atoms with E-state index in [2.05, 4.69) is 25.3 Å². The highest BCUT2D eigenvalue weighted by Crippen LogP contribution is 2.22. The van der Waals surface area contributed by atoms with Crippen LogP contribution in [-0.4, -0.2) is 62.3 Å². The molecule has 2 aromatic heterocycles. The average molecular weight is 334 g/mol. The molecule has 2 aromatic rings. The molecule has 24 heavy (non-hydrogen) atoms. The quantitative estimate of drug-likeness (QED) is 0.631. The summed E-state index contributed by atoms with van der Waals surface area (Å²) in [6.45, 7) is 1.94. The Hall–Kier alpha value is -2.59. The Bertz CT molecular complexity index is 755. The summed E-state index contributed by atoms with van der Waals surface area (Å²) in [5.41, 5.74) is -0.165. The average Bonchev–Trinajstić information content (AvgIpc) is 3.24. The molecule has 128 valence electrons. The SMILES string of the molecule is CCN(C(=O)C(=O)NC1(CO)CCCO1)c1ncc2[nH]cnc2n1. The number of imidazole rings is 1. The van der Waals surface area contributed by atoms with Crippen molar-refractivity contribution in [1.82, 2.24) is 25.3 Å². The van der Waals surface area contributed by atoms with Crippen molar-refractivity contribution < 1.29 is 19.4 Å². The highest BCUT2D eigenvalue weighted by Gasteiger charge is 2.38. The first kappa shape index (κ1) is 16.3. The number of nitrogens with one attached hydrogen (secondary N) is 2. The molecule has 0 bridgehead atoms. The van der Waals surface area contributed by atoms with E-state index in [1.54, 1.807) is 6.92 Å². The summed E-state index contributed by atoms with van der Waals surface area (Å²) >= 11 is 0. The molecule has 1 fully saturated rings. The predicted molar refractivity (Wildman–Crippen MR) is 82.9 cm³/mol. The fourth-order valence-corrected chi connectivity index (χ4v) is 2.58. The van der Waals surface area contributed by atoms with Crippen LogP contribution in [0.2, 0.25) is 0 Å². The Balaban J connectivity index is 1.79. The van der Waals surface area contributed by atoms with Gasteiger partial charge in [-0.05, 0) is 19.8 Å². The number of ether oxygens (including phenoxy) is 1. The number of H-pyrrole nitrogens is 1. The first-order valence-electron chi connectivity index (χ1n) is 7.63. The van der Waals surface area contributed by atoms with Gasteiger partial charge >= 0.3 is 11.8 Å². The number of aliphatic hydroxyl groups is 1. The number of aromatic amines is 1. The van der Waals surface area contributed by atoms with E-state index >= 15 is 0 Å². The minimum atomic E-state index is -1.20. The van der Waals surface area contributed by atoms with Gasteiger partial charge in [0.15, 0.2) is 11.4 Å². The van der Waals surface area contributed by atoms with Crippen LogP contribution in [0.3, 0.4) is 0 Å². The molecule has 1 aliphatic heterocycles. The van der Waals surface area contributed by atoms with E-state index in [9.17, 15) is 14.7 Å². The zero-order chi connectivity index (χ0) is 17.2. The number of carbonyl (C=O) groups excluding carboxylic acids is 2. The van der Waals surface area contributed by atoms with E-state index in [1.807, 2.05) is 0 Å². The summed E-state index contributed by atoms with van der Waals surface area (Å²) in [6.07, 6.45) is 4.11. The fraction of sp³-hybridized carbons (Fsp3) is 0.500. The summed E-state index contributed by atoms with van der Waals surface area (Å²) < 4.78 is 5.38. The molecular formula is C14H18N6O4. The first-order chi connectivity index (χ1) is 11.6. The van der Waals surface area contributed by atoms with Gasteiger partial charge in [0.2, 0.25) is 5.95 Å². The first-order valence-corrected chi connectivity index (χ1v) is 7.63. The zero-order valence-electron chi connectivity index (χ0n) is 13.2. The lowest BCUT2D eigenvalue weighted by atomic mass is 10.1. The Kier molecular flexibility index (Phi) is 4.40. The van der Waals surface area contributed by atoms with Crippen molar-refractivity contribution in [3.05, 3.63) is 12.5 Å². The molecule has 10 heteroatoms. The molecule has 0 saturated carbocycles. The van der Waals surface area contributed by atoms with Crippen LogP contribution in [0.25, 0.3) is 11.2 Å². The third-order valence-corrected chi connectivity index (χ3v) is 3.86. The van der Waals surface area contributed by atoms with Gasteiger partial charge < -0.3 is 20.1 Å². The number of hydrogen-bond acceptors (Lipinski definition) is 7. The van der Waals surface area contributed by atoms with Crippen molar-refractivity contribution in [2.75, 3.05) is 24.7 Å². The summed E-state index contributed by atoms with van der Waals surface area (Å²) in [7, 11) is 0. The summed E-state index contributed by atoms with van der Waals surface area (Å²) in [4.78, 5) is 41.0. The van der Waals surface area contributed by atoms with E-state index in [-0.39, 0.29) is 12.5 Å². The molecule has 3 N–H and O–H groups in total. The second kappa shape index (κ2) is 6.49. The van der Waals surface area contributed by atoms with E-state index in [1.165, 1.54) is 12.5 Å². The summed E-state index contributed by atoms with van der Waals surface area (Å²) in [5.74, 6) is -1.61.